The number of phenolic OH excluding ortho intramolecular Hbond substituents is 1. The van der Waals surface area contributed by atoms with Gasteiger partial charge >= 0.3 is 0 Å². The minimum Gasteiger partial charge on any atom is -0.507 e. The Morgan fingerprint density at radius 3 is 2.89 bits per heavy atom. The van der Waals surface area contributed by atoms with Gasteiger partial charge in [0.25, 0.3) is 5.91 Å². The minimum absolute atomic E-state index is 0.00131. The van der Waals surface area contributed by atoms with Crippen molar-refractivity contribution in [3.05, 3.63) is 45.4 Å². The average molecular weight is 262 g/mol. The van der Waals surface area contributed by atoms with Crippen molar-refractivity contribution in [1.82, 2.24) is 10.3 Å². The van der Waals surface area contributed by atoms with E-state index in [1.165, 1.54) is 6.07 Å². The van der Waals surface area contributed by atoms with Gasteiger partial charge in [0.1, 0.15) is 5.75 Å². The summed E-state index contributed by atoms with van der Waals surface area (Å²) in [5, 5.41) is 13.4. The predicted octanol–water partition coefficient (Wildman–Crippen LogP) is 2.40. The monoisotopic (exact) mass is 262 g/mol. The van der Waals surface area contributed by atoms with Crippen LogP contribution < -0.4 is 5.32 Å². The zero-order valence-corrected chi connectivity index (χ0v) is 11.0. The highest BCUT2D eigenvalue weighted by Gasteiger charge is 2.11. The number of aromatic hydroxyl groups is 1. The number of phenols is 1. The molecule has 0 aliphatic rings. The van der Waals surface area contributed by atoms with Crippen LogP contribution >= 0.6 is 11.3 Å². The second-order valence-corrected chi connectivity index (χ2v) is 5.37. The maximum absolute atomic E-state index is 11.9. The van der Waals surface area contributed by atoms with E-state index in [-0.39, 0.29) is 11.7 Å². The van der Waals surface area contributed by atoms with Gasteiger partial charge in [0.05, 0.1) is 17.1 Å². The lowest BCUT2D eigenvalue weighted by Crippen LogP contribution is -2.22. The largest absolute Gasteiger partial charge is 0.507 e. The van der Waals surface area contributed by atoms with E-state index in [9.17, 15) is 9.90 Å². The van der Waals surface area contributed by atoms with E-state index in [2.05, 4.69) is 10.3 Å². The molecule has 0 aliphatic carbocycles. The molecule has 0 spiro atoms. The summed E-state index contributed by atoms with van der Waals surface area (Å²) in [6.07, 6.45) is 1.75. The summed E-state index contributed by atoms with van der Waals surface area (Å²) in [5.74, 6) is -0.277. The highest BCUT2D eigenvalue weighted by atomic mass is 32.1. The number of hydrogen-bond donors (Lipinski definition) is 2. The van der Waals surface area contributed by atoms with E-state index < -0.39 is 0 Å². The van der Waals surface area contributed by atoms with E-state index in [1.807, 2.05) is 13.8 Å². The molecule has 2 rings (SSSR count). The van der Waals surface area contributed by atoms with E-state index in [1.54, 1.807) is 29.7 Å². The van der Waals surface area contributed by atoms with Crippen LogP contribution in [0.15, 0.2) is 24.4 Å². The topological polar surface area (TPSA) is 62.2 Å². The summed E-state index contributed by atoms with van der Waals surface area (Å²) in [7, 11) is 0. The molecule has 1 aromatic carbocycles. The SMILES string of the molecule is Cc1ccc(O)c(C(=O)NCc2cnc(C)s2)c1. The zero-order chi connectivity index (χ0) is 13.1. The van der Waals surface area contributed by atoms with Crippen LogP contribution in [0.1, 0.15) is 25.8 Å². The molecule has 5 heteroatoms. The van der Waals surface area contributed by atoms with Gasteiger partial charge < -0.3 is 10.4 Å². The van der Waals surface area contributed by atoms with Gasteiger partial charge in [-0.2, -0.15) is 0 Å². The zero-order valence-electron chi connectivity index (χ0n) is 10.2. The second-order valence-electron chi connectivity index (χ2n) is 4.05. The summed E-state index contributed by atoms with van der Waals surface area (Å²) in [4.78, 5) is 17.0. The number of hydrogen-bond acceptors (Lipinski definition) is 4. The van der Waals surface area contributed by atoms with Crippen LogP contribution in [0, 0.1) is 13.8 Å². The Hall–Kier alpha value is -1.88. The first-order valence-electron chi connectivity index (χ1n) is 5.55. The number of nitrogens with one attached hydrogen (secondary N) is 1. The van der Waals surface area contributed by atoms with Crippen molar-refractivity contribution in [2.75, 3.05) is 0 Å². The van der Waals surface area contributed by atoms with Crippen molar-refractivity contribution in [1.29, 1.82) is 0 Å². The molecule has 0 atom stereocenters. The molecule has 94 valence electrons. The molecule has 0 unspecified atom stereocenters. The van der Waals surface area contributed by atoms with Gasteiger partial charge in [-0.05, 0) is 26.0 Å². The maximum atomic E-state index is 11.9. The molecule has 0 saturated heterocycles. The fraction of sp³-hybridized carbons (Fsp3) is 0.231. The Morgan fingerprint density at radius 1 is 1.44 bits per heavy atom. The molecular weight excluding hydrogens is 248 g/mol. The van der Waals surface area contributed by atoms with Crippen molar-refractivity contribution in [3.8, 4) is 5.75 Å². The van der Waals surface area contributed by atoms with Gasteiger partial charge in [0.2, 0.25) is 0 Å². The number of thiazole rings is 1. The lowest BCUT2D eigenvalue weighted by Gasteiger charge is -2.06. The molecule has 0 aliphatic heterocycles. The normalized spacial score (nSPS) is 10.3. The second kappa shape index (κ2) is 5.18. The minimum atomic E-state index is -0.276. The van der Waals surface area contributed by atoms with Crippen LogP contribution in [0.3, 0.4) is 0 Å². The lowest BCUT2D eigenvalue weighted by atomic mass is 10.1. The molecule has 2 aromatic rings. The van der Waals surface area contributed by atoms with Gasteiger partial charge in [-0.15, -0.1) is 11.3 Å². The van der Waals surface area contributed by atoms with Gasteiger partial charge in [0, 0.05) is 11.1 Å². The number of amides is 1. The van der Waals surface area contributed by atoms with E-state index in [0.29, 0.717) is 12.1 Å². The number of nitrogens with zero attached hydrogens (tertiary/aromatic N) is 1. The molecule has 1 amide bonds. The third kappa shape index (κ3) is 2.87. The Bertz CT molecular complexity index is 578. The lowest BCUT2D eigenvalue weighted by molar-refractivity contribution is 0.0948. The van der Waals surface area contributed by atoms with Crippen LogP contribution in [0.25, 0.3) is 0 Å². The fourth-order valence-corrected chi connectivity index (χ4v) is 2.32. The van der Waals surface area contributed by atoms with Crippen LogP contribution in [0.4, 0.5) is 0 Å². The predicted molar refractivity (Wildman–Crippen MR) is 70.9 cm³/mol. The molecule has 18 heavy (non-hydrogen) atoms. The summed E-state index contributed by atoms with van der Waals surface area (Å²) in [6.45, 7) is 4.23. The Balaban J connectivity index is 2.05. The Kier molecular flexibility index (Phi) is 3.62. The van der Waals surface area contributed by atoms with Crippen LogP contribution in [-0.2, 0) is 6.54 Å². The molecule has 1 aromatic heterocycles. The van der Waals surface area contributed by atoms with Crippen molar-refractivity contribution >= 4 is 17.2 Å². The number of aryl methyl sites for hydroxylation is 2. The van der Waals surface area contributed by atoms with E-state index >= 15 is 0 Å². The maximum Gasteiger partial charge on any atom is 0.255 e. The fourth-order valence-electron chi connectivity index (χ4n) is 1.58. The first-order chi connectivity index (χ1) is 8.56. The smallest absolute Gasteiger partial charge is 0.255 e. The first-order valence-corrected chi connectivity index (χ1v) is 6.37. The Labute approximate surface area is 109 Å². The summed E-state index contributed by atoms with van der Waals surface area (Å²) in [6, 6.07) is 4.96. The molecule has 0 fully saturated rings. The Morgan fingerprint density at radius 2 is 2.22 bits per heavy atom. The molecular formula is C13H14N2O2S. The number of carbonyl (C=O) groups excluding carboxylic acids is 1. The highest BCUT2D eigenvalue weighted by molar-refractivity contribution is 7.11. The first kappa shape index (κ1) is 12.6. The van der Waals surface area contributed by atoms with Crippen LogP contribution in [-0.4, -0.2) is 16.0 Å². The summed E-state index contributed by atoms with van der Waals surface area (Å²) < 4.78 is 0. The van der Waals surface area contributed by atoms with Crippen LogP contribution in [0.2, 0.25) is 0 Å². The highest BCUT2D eigenvalue weighted by Crippen LogP contribution is 2.18. The van der Waals surface area contributed by atoms with Gasteiger partial charge in [-0.25, -0.2) is 4.98 Å². The number of rotatable bonds is 3. The molecule has 0 saturated carbocycles. The molecule has 2 N–H and O–H groups in total. The van der Waals surface area contributed by atoms with Crippen molar-refractivity contribution in [2.24, 2.45) is 0 Å². The van der Waals surface area contributed by atoms with Gasteiger partial charge in [-0.1, -0.05) is 11.6 Å². The molecule has 0 bridgehead atoms. The third-order valence-corrected chi connectivity index (χ3v) is 3.40. The average Bonchev–Trinajstić information content (AvgIpc) is 2.75. The molecule has 4 nitrogen and oxygen atoms in total. The summed E-state index contributed by atoms with van der Waals surface area (Å²) >= 11 is 1.54. The van der Waals surface area contributed by atoms with E-state index in [4.69, 9.17) is 0 Å². The number of benzene rings is 1. The standard InChI is InChI=1S/C13H14N2O2S/c1-8-3-4-12(16)11(5-8)13(17)15-7-10-6-14-9(2)18-10/h3-6,16H,7H2,1-2H3,(H,15,17). The quantitative estimate of drug-likeness (QED) is 0.892. The number of carbonyl (C=O) groups is 1. The number of aromatic nitrogens is 1. The van der Waals surface area contributed by atoms with Crippen molar-refractivity contribution in [2.45, 2.75) is 20.4 Å². The van der Waals surface area contributed by atoms with Crippen molar-refractivity contribution < 1.29 is 9.90 Å². The van der Waals surface area contributed by atoms with Crippen LogP contribution in [0.5, 0.6) is 5.75 Å². The van der Waals surface area contributed by atoms with Crippen molar-refractivity contribution in [3.63, 3.8) is 0 Å². The summed E-state index contributed by atoms with van der Waals surface area (Å²) in [5.41, 5.74) is 1.24. The van der Waals surface area contributed by atoms with Gasteiger partial charge in [0.15, 0.2) is 0 Å². The van der Waals surface area contributed by atoms with E-state index in [0.717, 1.165) is 15.4 Å². The molecule has 0 radical (unpaired) electrons. The molecule has 1 heterocycles. The van der Waals surface area contributed by atoms with Gasteiger partial charge in [-0.3, -0.25) is 4.79 Å². The third-order valence-electron chi connectivity index (χ3n) is 2.49.